The maximum atomic E-state index is 14.3. The van der Waals surface area contributed by atoms with Crippen LogP contribution in [0.3, 0.4) is 0 Å². The molecule has 120 valence electrons. The molecule has 0 saturated heterocycles. The molecule has 1 N–H and O–H groups in total. The van der Waals surface area contributed by atoms with E-state index in [9.17, 15) is 9.18 Å². The van der Waals surface area contributed by atoms with Gasteiger partial charge >= 0.3 is 0 Å². The summed E-state index contributed by atoms with van der Waals surface area (Å²) in [7, 11) is 1.60. The Hall–Kier alpha value is -2.88. The molecule has 3 aromatic rings. The molecule has 0 spiro atoms. The first-order valence-electron chi connectivity index (χ1n) is 7.81. The number of carbonyl (C=O) groups excluding carboxylic acids is 1. The molecular weight excluding hydrogens is 305 g/mol. The smallest absolute Gasteiger partial charge is 0.225 e. The van der Waals surface area contributed by atoms with Crippen molar-refractivity contribution in [2.24, 2.45) is 0 Å². The number of ether oxygens (including phenoxy) is 1. The molecule has 1 amide bonds. The van der Waals surface area contributed by atoms with Gasteiger partial charge < -0.3 is 10.1 Å². The molecule has 0 bridgehead atoms. The van der Waals surface area contributed by atoms with Gasteiger partial charge in [-0.15, -0.1) is 0 Å². The minimum Gasteiger partial charge on any atom is -0.496 e. The highest BCUT2D eigenvalue weighted by molar-refractivity contribution is 5.94. The number of amides is 1. The zero-order valence-corrected chi connectivity index (χ0v) is 13.2. The molecule has 1 aliphatic heterocycles. The third-order valence-electron chi connectivity index (χ3n) is 4.51. The standard InChI is InChI=1S/C20H16FNO2/c1-24-20-13-7-3-2-6-12(13)10-15-16(20)11-18(23)22-19(15)14-8-4-5-9-17(14)21/h2-10,19H,11H2,1H3,(H,22,23). The molecule has 3 aromatic carbocycles. The lowest BCUT2D eigenvalue weighted by Gasteiger charge is -2.29. The number of carbonyl (C=O) groups is 1. The summed E-state index contributed by atoms with van der Waals surface area (Å²) in [6.45, 7) is 0. The van der Waals surface area contributed by atoms with Crippen LogP contribution in [0.4, 0.5) is 4.39 Å². The Labute approximate surface area is 139 Å². The van der Waals surface area contributed by atoms with Crippen LogP contribution in [0.2, 0.25) is 0 Å². The Bertz CT molecular complexity index is 952. The zero-order valence-electron chi connectivity index (χ0n) is 13.2. The molecule has 0 radical (unpaired) electrons. The summed E-state index contributed by atoms with van der Waals surface area (Å²) in [5.41, 5.74) is 2.17. The third kappa shape index (κ3) is 2.22. The average Bonchev–Trinajstić information content (AvgIpc) is 2.60. The van der Waals surface area contributed by atoms with Crippen LogP contribution in [0, 0.1) is 5.82 Å². The van der Waals surface area contributed by atoms with Crippen LogP contribution < -0.4 is 10.1 Å². The number of halogens is 1. The molecule has 24 heavy (non-hydrogen) atoms. The predicted molar refractivity (Wildman–Crippen MR) is 90.6 cm³/mol. The maximum Gasteiger partial charge on any atom is 0.225 e. The van der Waals surface area contributed by atoms with Crippen molar-refractivity contribution in [3.63, 3.8) is 0 Å². The molecule has 4 rings (SSSR count). The third-order valence-corrected chi connectivity index (χ3v) is 4.51. The number of benzene rings is 3. The monoisotopic (exact) mass is 321 g/mol. The number of hydrogen-bond acceptors (Lipinski definition) is 2. The Morgan fingerprint density at radius 3 is 2.62 bits per heavy atom. The van der Waals surface area contributed by atoms with Gasteiger partial charge in [0.1, 0.15) is 11.6 Å². The number of nitrogens with one attached hydrogen (secondary N) is 1. The second kappa shape index (κ2) is 5.64. The van der Waals surface area contributed by atoms with Gasteiger partial charge in [0.25, 0.3) is 0 Å². The summed E-state index contributed by atoms with van der Waals surface area (Å²) in [5, 5.41) is 4.88. The molecule has 0 saturated carbocycles. The summed E-state index contributed by atoms with van der Waals surface area (Å²) in [6.07, 6.45) is 0.230. The first-order valence-corrected chi connectivity index (χ1v) is 7.81. The molecular formula is C20H16FNO2. The number of hydrogen-bond donors (Lipinski definition) is 1. The van der Waals surface area contributed by atoms with E-state index in [1.807, 2.05) is 30.3 Å². The summed E-state index contributed by atoms with van der Waals surface area (Å²) in [4.78, 5) is 12.2. The van der Waals surface area contributed by atoms with Crippen LogP contribution in [0.5, 0.6) is 5.75 Å². The fourth-order valence-corrected chi connectivity index (χ4v) is 3.46. The van der Waals surface area contributed by atoms with Crippen molar-refractivity contribution in [3.05, 3.63) is 77.1 Å². The lowest BCUT2D eigenvalue weighted by Crippen LogP contribution is -2.36. The van der Waals surface area contributed by atoms with Crippen molar-refractivity contribution >= 4 is 16.7 Å². The summed E-state index contributed by atoms with van der Waals surface area (Å²) < 4.78 is 19.9. The van der Waals surface area contributed by atoms with Gasteiger partial charge in [-0.05, 0) is 23.1 Å². The van der Waals surface area contributed by atoms with Crippen LogP contribution >= 0.6 is 0 Å². The van der Waals surface area contributed by atoms with Crippen LogP contribution in [0.1, 0.15) is 22.7 Å². The lowest BCUT2D eigenvalue weighted by atomic mass is 9.86. The molecule has 1 unspecified atom stereocenters. The van der Waals surface area contributed by atoms with Crippen LogP contribution in [0.25, 0.3) is 10.8 Å². The van der Waals surface area contributed by atoms with Crippen LogP contribution in [-0.2, 0) is 11.2 Å². The largest absolute Gasteiger partial charge is 0.496 e. The highest BCUT2D eigenvalue weighted by atomic mass is 19.1. The normalized spacial score (nSPS) is 16.6. The summed E-state index contributed by atoms with van der Waals surface area (Å²) in [6, 6.07) is 15.9. The van der Waals surface area contributed by atoms with E-state index >= 15 is 0 Å². The highest BCUT2D eigenvalue weighted by Crippen LogP contribution is 2.40. The quantitative estimate of drug-likeness (QED) is 0.781. The average molecular weight is 321 g/mol. The van der Waals surface area contributed by atoms with E-state index in [0.29, 0.717) is 11.3 Å². The zero-order chi connectivity index (χ0) is 16.7. The lowest BCUT2D eigenvalue weighted by molar-refractivity contribution is -0.121. The van der Waals surface area contributed by atoms with Crippen LogP contribution in [-0.4, -0.2) is 13.0 Å². The second-order valence-electron chi connectivity index (χ2n) is 5.90. The predicted octanol–water partition coefficient (Wildman–Crippen LogP) is 3.75. The van der Waals surface area contributed by atoms with Gasteiger partial charge in [-0.1, -0.05) is 42.5 Å². The topological polar surface area (TPSA) is 38.3 Å². The van der Waals surface area contributed by atoms with E-state index in [1.54, 1.807) is 25.3 Å². The Balaban J connectivity index is 2.01. The van der Waals surface area contributed by atoms with Gasteiger partial charge in [0.05, 0.1) is 19.6 Å². The van der Waals surface area contributed by atoms with Crippen LogP contribution in [0.15, 0.2) is 54.6 Å². The van der Waals surface area contributed by atoms with Crippen molar-refractivity contribution in [1.82, 2.24) is 5.32 Å². The summed E-state index contributed by atoms with van der Waals surface area (Å²) >= 11 is 0. The van der Waals surface area contributed by atoms with E-state index in [1.165, 1.54) is 6.07 Å². The number of fused-ring (bicyclic) bond motifs is 2. The van der Waals surface area contributed by atoms with Gasteiger partial charge in [0, 0.05) is 16.5 Å². The van der Waals surface area contributed by atoms with Gasteiger partial charge in [0.15, 0.2) is 0 Å². The Morgan fingerprint density at radius 1 is 1.08 bits per heavy atom. The SMILES string of the molecule is COc1c2c(cc3ccccc13)C(c1ccccc1F)NC(=O)C2. The molecule has 1 heterocycles. The molecule has 1 atom stereocenters. The minimum absolute atomic E-state index is 0.135. The van der Waals surface area contributed by atoms with Crippen molar-refractivity contribution in [3.8, 4) is 5.75 Å². The molecule has 1 aliphatic rings. The Morgan fingerprint density at radius 2 is 1.83 bits per heavy atom. The number of methoxy groups -OCH3 is 1. The molecule has 0 fully saturated rings. The number of rotatable bonds is 2. The van der Waals surface area contributed by atoms with E-state index < -0.39 is 6.04 Å². The van der Waals surface area contributed by atoms with Gasteiger partial charge in [-0.25, -0.2) is 4.39 Å². The first-order chi connectivity index (χ1) is 11.7. The maximum absolute atomic E-state index is 14.3. The Kier molecular flexibility index (Phi) is 3.45. The van der Waals surface area contributed by atoms with Crippen molar-refractivity contribution < 1.29 is 13.9 Å². The fraction of sp³-hybridized carbons (Fsp3) is 0.150. The second-order valence-corrected chi connectivity index (χ2v) is 5.90. The minimum atomic E-state index is -0.513. The molecule has 4 heteroatoms. The van der Waals surface area contributed by atoms with Gasteiger partial charge in [-0.2, -0.15) is 0 Å². The molecule has 0 aromatic heterocycles. The van der Waals surface area contributed by atoms with Crippen molar-refractivity contribution in [1.29, 1.82) is 0 Å². The summed E-state index contributed by atoms with van der Waals surface area (Å²) in [5.74, 6) is 0.228. The van der Waals surface area contributed by atoms with Gasteiger partial charge in [-0.3, -0.25) is 4.79 Å². The molecule has 0 aliphatic carbocycles. The van der Waals surface area contributed by atoms with Crippen molar-refractivity contribution in [2.45, 2.75) is 12.5 Å². The highest BCUT2D eigenvalue weighted by Gasteiger charge is 2.30. The first kappa shape index (κ1) is 14.7. The van der Waals surface area contributed by atoms with E-state index in [-0.39, 0.29) is 18.1 Å². The molecule has 3 nitrogen and oxygen atoms in total. The van der Waals surface area contributed by atoms with Crippen molar-refractivity contribution in [2.75, 3.05) is 7.11 Å². The van der Waals surface area contributed by atoms with Gasteiger partial charge in [0.2, 0.25) is 5.91 Å². The fourth-order valence-electron chi connectivity index (χ4n) is 3.46. The van der Waals surface area contributed by atoms with E-state index in [2.05, 4.69) is 5.32 Å². The van der Waals surface area contributed by atoms with E-state index in [4.69, 9.17) is 4.74 Å². The van der Waals surface area contributed by atoms with E-state index in [0.717, 1.165) is 21.9 Å².